The molecule has 0 saturated heterocycles. The number of anilines is 1. The minimum absolute atomic E-state index is 0.153. The second-order valence-corrected chi connectivity index (χ2v) is 7.23. The number of allylic oxidation sites excluding steroid dienone is 1. The summed E-state index contributed by atoms with van der Waals surface area (Å²) in [5.74, 6) is 0.606. The molecule has 9 heteroatoms. The van der Waals surface area contributed by atoms with E-state index in [4.69, 9.17) is 9.47 Å². The van der Waals surface area contributed by atoms with Crippen LogP contribution in [0.4, 0.5) is 10.5 Å². The number of carbonyl (C=O) groups excluding carboxylic acids is 3. The molecule has 0 saturated carbocycles. The van der Waals surface area contributed by atoms with Gasteiger partial charge < -0.3 is 14.8 Å². The number of amides is 4. The smallest absolute Gasteiger partial charge is 0.454 e. The highest BCUT2D eigenvalue weighted by Gasteiger charge is 2.48. The summed E-state index contributed by atoms with van der Waals surface area (Å²) in [6, 6.07) is 4.64. The van der Waals surface area contributed by atoms with E-state index >= 15 is 0 Å². The number of nitrogens with one attached hydrogen (secondary N) is 1. The maximum Gasteiger partial charge on any atom is 0.501 e. The molecule has 1 atom stereocenters. The first-order valence-electron chi connectivity index (χ1n) is 8.59. The van der Waals surface area contributed by atoms with Gasteiger partial charge in [0.1, 0.15) is 5.71 Å². The summed E-state index contributed by atoms with van der Waals surface area (Å²) < 4.78 is 11.9. The number of ether oxygens (including phenoxy) is 2. The number of nitrogens with zero attached hydrogens (tertiary/aromatic N) is 2. The van der Waals surface area contributed by atoms with E-state index in [9.17, 15) is 14.4 Å². The average molecular weight is 388 g/mol. The monoisotopic (exact) mass is 388 g/mol. The number of fused-ring (bicyclic) bond motifs is 2. The molecule has 1 unspecified atom stereocenters. The summed E-state index contributed by atoms with van der Waals surface area (Å²) in [5, 5.41) is 4.08. The van der Waals surface area contributed by atoms with Crippen molar-refractivity contribution >= 4 is 41.0 Å². The first kappa shape index (κ1) is 17.6. The van der Waals surface area contributed by atoms with Gasteiger partial charge in [-0.2, -0.15) is 14.3 Å². The van der Waals surface area contributed by atoms with Gasteiger partial charge in [0, 0.05) is 11.8 Å². The molecule has 0 aliphatic carbocycles. The van der Waals surface area contributed by atoms with Crippen LogP contribution in [0, 0.1) is 0 Å². The van der Waals surface area contributed by atoms with Gasteiger partial charge in [-0.15, -0.1) is 11.8 Å². The van der Waals surface area contributed by atoms with Crippen molar-refractivity contribution < 1.29 is 28.4 Å². The molecule has 1 N–H and O–H groups in total. The van der Waals surface area contributed by atoms with E-state index in [2.05, 4.69) is 5.32 Å². The number of urea groups is 1. The standard InChI is InChI=1S/C18H17N3O5S/c1-2-6-20-17(23)16-12(5-7-27-16)21(18(20)24)9-15(22)19-11-3-4-13-14(8-11)26-10-25-13/h3-5,7-8,16H,2,6,9-10H2,1H3/p+1. The number of hydrogen-bond donors (Lipinski definition) is 1. The fraction of sp³-hybridized carbons (Fsp3) is 0.333. The third kappa shape index (κ3) is 3.18. The van der Waals surface area contributed by atoms with Crippen molar-refractivity contribution in [2.75, 3.05) is 25.2 Å². The number of hydrogen-bond acceptors (Lipinski definition) is 6. The van der Waals surface area contributed by atoms with E-state index < -0.39 is 11.3 Å². The Morgan fingerprint density at radius 1 is 1.33 bits per heavy atom. The van der Waals surface area contributed by atoms with Gasteiger partial charge >= 0.3 is 11.9 Å². The molecule has 0 aromatic heterocycles. The maximum atomic E-state index is 12.8. The summed E-state index contributed by atoms with van der Waals surface area (Å²) in [6.45, 7) is 2.22. The van der Waals surface area contributed by atoms with Gasteiger partial charge in [-0.1, -0.05) is 6.92 Å². The molecule has 8 nitrogen and oxygen atoms in total. The minimum Gasteiger partial charge on any atom is -0.454 e. The van der Waals surface area contributed by atoms with Crippen molar-refractivity contribution in [2.45, 2.75) is 18.6 Å². The van der Waals surface area contributed by atoms with Crippen LogP contribution in [-0.4, -0.2) is 58.2 Å². The normalized spacial score (nSPS) is 20.3. The Balaban J connectivity index is 1.54. The fourth-order valence-electron chi connectivity index (χ4n) is 3.16. The Bertz CT molecular complexity index is 895. The van der Waals surface area contributed by atoms with Crippen molar-refractivity contribution in [3.63, 3.8) is 0 Å². The van der Waals surface area contributed by atoms with Crippen LogP contribution in [-0.2, 0) is 9.59 Å². The van der Waals surface area contributed by atoms with Gasteiger partial charge in [0.25, 0.3) is 5.91 Å². The van der Waals surface area contributed by atoms with E-state index in [0.29, 0.717) is 35.9 Å². The summed E-state index contributed by atoms with van der Waals surface area (Å²) in [4.78, 5) is 39.0. The second kappa shape index (κ2) is 7.07. The van der Waals surface area contributed by atoms with E-state index in [1.807, 2.05) is 6.92 Å². The number of rotatable bonds is 5. The van der Waals surface area contributed by atoms with Gasteiger partial charge in [-0.3, -0.25) is 4.79 Å². The molecule has 4 amide bonds. The molecule has 3 aliphatic rings. The number of imide groups is 1. The molecule has 4 rings (SSSR count). The van der Waals surface area contributed by atoms with E-state index in [1.54, 1.807) is 29.7 Å². The van der Waals surface area contributed by atoms with Crippen LogP contribution in [0.2, 0.25) is 0 Å². The molecular formula is C18H18N3O5S+. The van der Waals surface area contributed by atoms with Crippen molar-refractivity contribution in [1.29, 1.82) is 0 Å². The molecule has 0 bridgehead atoms. The lowest BCUT2D eigenvalue weighted by atomic mass is 10.1. The van der Waals surface area contributed by atoms with Crippen molar-refractivity contribution in [2.24, 2.45) is 0 Å². The van der Waals surface area contributed by atoms with Crippen LogP contribution in [0.3, 0.4) is 0 Å². The van der Waals surface area contributed by atoms with Crippen molar-refractivity contribution in [3.8, 4) is 11.5 Å². The topological polar surface area (TPSA) is 88.0 Å². The molecular weight excluding hydrogens is 370 g/mol. The number of thioether (sulfide) groups is 1. The van der Waals surface area contributed by atoms with E-state index in [1.165, 1.54) is 21.2 Å². The predicted molar refractivity (Wildman–Crippen MR) is 99.2 cm³/mol. The molecule has 27 heavy (non-hydrogen) atoms. The van der Waals surface area contributed by atoms with Gasteiger partial charge in [0.15, 0.2) is 23.3 Å². The van der Waals surface area contributed by atoms with Gasteiger partial charge in [-0.25, -0.2) is 4.79 Å². The van der Waals surface area contributed by atoms with Crippen molar-refractivity contribution in [3.05, 3.63) is 29.7 Å². The molecule has 1 aromatic carbocycles. The Morgan fingerprint density at radius 2 is 2.15 bits per heavy atom. The molecule has 3 aliphatic heterocycles. The SMILES string of the molecule is CCCN1C(=O)C2SC=CC2=[N+](CC(=O)Nc2ccc3c(c2)OCO3)C1=O. The lowest BCUT2D eigenvalue weighted by Gasteiger charge is -2.23. The first-order valence-corrected chi connectivity index (χ1v) is 9.54. The number of carbonyl (C=O) groups is 3. The van der Waals surface area contributed by atoms with Crippen LogP contribution in [0.25, 0.3) is 0 Å². The first-order chi connectivity index (χ1) is 13.1. The molecule has 140 valence electrons. The van der Waals surface area contributed by atoms with Crippen molar-refractivity contribution in [1.82, 2.24) is 4.90 Å². The largest absolute Gasteiger partial charge is 0.501 e. The Morgan fingerprint density at radius 3 is 2.96 bits per heavy atom. The molecule has 0 fully saturated rings. The second-order valence-electron chi connectivity index (χ2n) is 6.22. The summed E-state index contributed by atoms with van der Waals surface area (Å²) >= 11 is 1.35. The van der Waals surface area contributed by atoms with Crippen LogP contribution < -0.4 is 14.8 Å². The summed E-state index contributed by atoms with van der Waals surface area (Å²) in [5.41, 5.74) is 1.11. The minimum atomic E-state index is -0.465. The lowest BCUT2D eigenvalue weighted by molar-refractivity contribution is -0.425. The third-order valence-electron chi connectivity index (χ3n) is 4.39. The van der Waals surface area contributed by atoms with Gasteiger partial charge in [0.05, 0.1) is 6.54 Å². The fourth-order valence-corrected chi connectivity index (χ4v) is 4.12. The zero-order valence-corrected chi connectivity index (χ0v) is 15.5. The highest BCUT2D eigenvalue weighted by Crippen LogP contribution is 2.34. The summed E-state index contributed by atoms with van der Waals surface area (Å²) in [6.07, 6.45) is 2.39. The van der Waals surface area contributed by atoms with E-state index in [0.717, 1.165) is 0 Å². The van der Waals surface area contributed by atoms with Crippen LogP contribution in [0.1, 0.15) is 13.3 Å². The summed E-state index contributed by atoms with van der Waals surface area (Å²) in [7, 11) is 0. The van der Waals surface area contributed by atoms with Gasteiger partial charge in [0.2, 0.25) is 6.79 Å². The molecule has 1 aromatic rings. The molecule has 0 spiro atoms. The Hall–Kier alpha value is -2.81. The van der Waals surface area contributed by atoms with Crippen LogP contribution >= 0.6 is 11.8 Å². The van der Waals surface area contributed by atoms with Crippen LogP contribution in [0.5, 0.6) is 11.5 Å². The molecule has 3 heterocycles. The maximum absolute atomic E-state index is 12.8. The van der Waals surface area contributed by atoms with Gasteiger partial charge in [-0.05, 0) is 30.0 Å². The average Bonchev–Trinajstić information content (AvgIpc) is 3.31. The van der Waals surface area contributed by atoms with Crippen LogP contribution in [0.15, 0.2) is 29.7 Å². The Kier molecular flexibility index (Phi) is 4.61. The highest BCUT2D eigenvalue weighted by molar-refractivity contribution is 8.04. The predicted octanol–water partition coefficient (Wildman–Crippen LogP) is 1.81. The number of benzene rings is 1. The Labute approximate surface area is 159 Å². The highest BCUT2D eigenvalue weighted by atomic mass is 32.2. The zero-order valence-electron chi connectivity index (χ0n) is 14.6. The quantitative estimate of drug-likeness (QED) is 0.774. The molecule has 0 radical (unpaired) electrons. The third-order valence-corrected chi connectivity index (χ3v) is 5.40. The zero-order chi connectivity index (χ0) is 19.0. The lowest BCUT2D eigenvalue weighted by Crippen LogP contribution is -2.56. The van der Waals surface area contributed by atoms with E-state index in [-0.39, 0.29) is 25.2 Å².